The van der Waals surface area contributed by atoms with E-state index in [1.54, 1.807) is 12.1 Å². The highest BCUT2D eigenvalue weighted by Gasteiger charge is 2.20. The lowest BCUT2D eigenvalue weighted by molar-refractivity contribution is 0.440. The molecule has 0 radical (unpaired) electrons. The van der Waals surface area contributed by atoms with E-state index in [4.69, 9.17) is 0 Å². The van der Waals surface area contributed by atoms with Crippen LogP contribution in [0, 0.1) is 5.92 Å². The third kappa shape index (κ3) is 3.53. The average molecular weight is 226 g/mol. The molecule has 1 aromatic rings. The molecule has 0 heterocycles. The Labute approximate surface area is 91.1 Å². The first-order valence-corrected chi connectivity index (χ1v) is 5.85. The molecule has 4 nitrogen and oxygen atoms in total. The molecule has 1 aliphatic carbocycles. The van der Waals surface area contributed by atoms with E-state index in [1.807, 2.05) is 12.1 Å². The Morgan fingerprint density at radius 3 is 2.60 bits per heavy atom. The van der Waals surface area contributed by atoms with Crippen molar-refractivity contribution < 1.29 is 12.9 Å². The second kappa shape index (κ2) is 4.63. The van der Waals surface area contributed by atoms with Crippen molar-refractivity contribution in [1.82, 2.24) is 0 Å². The molecule has 0 saturated heterocycles. The summed E-state index contributed by atoms with van der Waals surface area (Å²) in [5, 5.41) is 3.28. The molecule has 1 aliphatic rings. The Kier molecular flexibility index (Phi) is 3.23. The van der Waals surface area contributed by atoms with Crippen LogP contribution in [0.5, 0.6) is 5.75 Å². The Bertz CT molecular complexity index is 348. The fraction of sp³-hybridized carbons (Fsp3) is 0.400. The van der Waals surface area contributed by atoms with Crippen molar-refractivity contribution in [3.8, 4) is 5.75 Å². The van der Waals surface area contributed by atoms with E-state index in [1.165, 1.54) is 12.8 Å². The summed E-state index contributed by atoms with van der Waals surface area (Å²) >= 11 is -2.49. The van der Waals surface area contributed by atoms with Crippen LogP contribution in [-0.4, -0.2) is 15.3 Å². The average Bonchev–Trinajstić information content (AvgIpc) is 2.99. The number of hydrogen-bond acceptors (Lipinski definition) is 4. The molecule has 1 N–H and O–H groups in total. The number of benzene rings is 1. The van der Waals surface area contributed by atoms with Gasteiger partial charge in [0, 0.05) is 12.2 Å². The smallest absolute Gasteiger partial charge is 0.139 e. The lowest BCUT2D eigenvalue weighted by Crippen LogP contribution is -2.03. The van der Waals surface area contributed by atoms with Crippen LogP contribution in [0.4, 0.5) is 5.69 Å². The van der Waals surface area contributed by atoms with Crippen LogP contribution in [0.3, 0.4) is 0 Å². The van der Waals surface area contributed by atoms with E-state index in [-0.39, 0.29) is 0 Å². The molecule has 0 spiro atoms. The molecule has 1 unspecified atom stereocenters. The van der Waals surface area contributed by atoms with Gasteiger partial charge in [-0.25, -0.2) is 4.21 Å². The van der Waals surface area contributed by atoms with Crippen molar-refractivity contribution in [2.24, 2.45) is 5.92 Å². The van der Waals surface area contributed by atoms with E-state index in [0.717, 1.165) is 18.2 Å². The van der Waals surface area contributed by atoms with E-state index in [2.05, 4.69) is 9.50 Å². The van der Waals surface area contributed by atoms with Crippen molar-refractivity contribution >= 4 is 17.0 Å². The Balaban J connectivity index is 1.87. The SMILES string of the molecule is O=S([O-])Oc1ccc(NCC2CC2)cc1. The van der Waals surface area contributed by atoms with Gasteiger partial charge in [-0.2, -0.15) is 0 Å². The van der Waals surface area contributed by atoms with Gasteiger partial charge in [-0.3, -0.25) is 0 Å². The van der Waals surface area contributed by atoms with Crippen LogP contribution in [0.1, 0.15) is 12.8 Å². The highest BCUT2D eigenvalue weighted by molar-refractivity contribution is 7.74. The Morgan fingerprint density at radius 2 is 2.07 bits per heavy atom. The summed E-state index contributed by atoms with van der Waals surface area (Å²) in [6, 6.07) is 6.88. The molecule has 1 atom stereocenters. The molecule has 1 fully saturated rings. The summed E-state index contributed by atoms with van der Waals surface area (Å²) in [5.41, 5.74) is 0.992. The zero-order valence-corrected chi connectivity index (χ0v) is 8.96. The number of rotatable bonds is 5. The van der Waals surface area contributed by atoms with Crippen molar-refractivity contribution in [3.05, 3.63) is 24.3 Å². The van der Waals surface area contributed by atoms with Crippen LogP contribution < -0.4 is 9.50 Å². The fourth-order valence-corrected chi connectivity index (χ4v) is 1.56. The molecule has 0 aliphatic heterocycles. The molecule has 15 heavy (non-hydrogen) atoms. The first kappa shape index (κ1) is 10.4. The van der Waals surface area contributed by atoms with Gasteiger partial charge in [-0.05, 0) is 43.0 Å². The highest BCUT2D eigenvalue weighted by atomic mass is 32.2. The fourth-order valence-electron chi connectivity index (χ4n) is 1.29. The van der Waals surface area contributed by atoms with Gasteiger partial charge in [0.05, 0.1) is 0 Å². The van der Waals surface area contributed by atoms with Crippen molar-refractivity contribution in [2.75, 3.05) is 11.9 Å². The maximum absolute atomic E-state index is 10.2. The van der Waals surface area contributed by atoms with Crippen LogP contribution in [0.15, 0.2) is 24.3 Å². The van der Waals surface area contributed by atoms with Crippen molar-refractivity contribution in [1.29, 1.82) is 0 Å². The van der Waals surface area contributed by atoms with Gasteiger partial charge in [0.15, 0.2) is 0 Å². The van der Waals surface area contributed by atoms with Gasteiger partial charge in [0.25, 0.3) is 0 Å². The van der Waals surface area contributed by atoms with Gasteiger partial charge < -0.3 is 14.1 Å². The van der Waals surface area contributed by atoms with E-state index in [9.17, 15) is 8.76 Å². The monoisotopic (exact) mass is 226 g/mol. The van der Waals surface area contributed by atoms with Crippen LogP contribution in [0.25, 0.3) is 0 Å². The third-order valence-corrected chi connectivity index (χ3v) is 2.64. The Morgan fingerprint density at radius 1 is 1.40 bits per heavy atom. The quantitative estimate of drug-likeness (QED) is 0.776. The zero-order valence-electron chi connectivity index (χ0n) is 8.14. The topological polar surface area (TPSA) is 61.4 Å². The summed E-state index contributed by atoms with van der Waals surface area (Å²) in [7, 11) is 0. The summed E-state index contributed by atoms with van der Waals surface area (Å²) in [4.78, 5) is 0. The summed E-state index contributed by atoms with van der Waals surface area (Å²) in [6.07, 6.45) is 2.62. The highest BCUT2D eigenvalue weighted by Crippen LogP contribution is 2.29. The molecule has 0 aromatic heterocycles. The van der Waals surface area contributed by atoms with Gasteiger partial charge in [-0.15, -0.1) is 0 Å². The van der Waals surface area contributed by atoms with Crippen LogP contribution in [-0.2, 0) is 11.4 Å². The number of anilines is 1. The zero-order chi connectivity index (χ0) is 10.7. The second-order valence-corrected chi connectivity index (χ2v) is 4.21. The van der Waals surface area contributed by atoms with Gasteiger partial charge in [0.1, 0.15) is 17.1 Å². The molecule has 5 heteroatoms. The van der Waals surface area contributed by atoms with Crippen LogP contribution in [0.2, 0.25) is 0 Å². The number of hydrogen-bond donors (Lipinski definition) is 1. The lowest BCUT2D eigenvalue weighted by Gasteiger charge is -2.08. The van der Waals surface area contributed by atoms with E-state index >= 15 is 0 Å². The predicted octanol–water partition coefficient (Wildman–Crippen LogP) is 1.68. The minimum absolute atomic E-state index is 0.334. The summed E-state index contributed by atoms with van der Waals surface area (Å²) in [5.74, 6) is 1.15. The standard InChI is InChI=1S/C10H13NO3S/c12-15(13)14-10-5-3-9(4-6-10)11-7-8-1-2-8/h3-6,8,11H,1-2,7H2,(H,12,13)/p-1. The molecular weight excluding hydrogens is 214 g/mol. The summed E-state index contributed by atoms with van der Waals surface area (Å²) < 4.78 is 25.0. The maximum Gasteiger partial charge on any atom is 0.139 e. The summed E-state index contributed by atoms with van der Waals surface area (Å²) in [6.45, 7) is 0.994. The van der Waals surface area contributed by atoms with Crippen molar-refractivity contribution in [3.63, 3.8) is 0 Å². The molecule has 0 bridgehead atoms. The largest absolute Gasteiger partial charge is 0.740 e. The molecule has 1 saturated carbocycles. The first-order valence-electron chi connectivity index (χ1n) is 4.85. The van der Waals surface area contributed by atoms with Gasteiger partial charge in [0.2, 0.25) is 0 Å². The number of nitrogens with one attached hydrogen (secondary N) is 1. The lowest BCUT2D eigenvalue weighted by atomic mass is 10.3. The molecule has 2 rings (SSSR count). The second-order valence-electron chi connectivity index (χ2n) is 3.64. The normalized spacial score (nSPS) is 17.1. The molecule has 1 aromatic carbocycles. The minimum Gasteiger partial charge on any atom is -0.740 e. The molecule has 0 amide bonds. The minimum atomic E-state index is -2.49. The Hall–Kier alpha value is -1.07. The predicted molar refractivity (Wildman–Crippen MR) is 57.2 cm³/mol. The maximum atomic E-state index is 10.2. The molecule has 82 valence electrons. The van der Waals surface area contributed by atoms with Gasteiger partial charge >= 0.3 is 0 Å². The van der Waals surface area contributed by atoms with Crippen molar-refractivity contribution in [2.45, 2.75) is 12.8 Å². The van der Waals surface area contributed by atoms with Crippen LogP contribution >= 0.6 is 0 Å². The first-order chi connectivity index (χ1) is 7.24. The molecular formula is C10H12NO3S-. The third-order valence-electron chi connectivity index (χ3n) is 2.31. The van der Waals surface area contributed by atoms with Gasteiger partial charge in [-0.1, -0.05) is 0 Å². The van der Waals surface area contributed by atoms with E-state index < -0.39 is 11.4 Å². The van der Waals surface area contributed by atoms with E-state index in [0.29, 0.717) is 5.75 Å².